The summed E-state index contributed by atoms with van der Waals surface area (Å²) >= 11 is 0. The molecule has 0 saturated carbocycles. The number of aryl methyl sites for hydroxylation is 1. The highest BCUT2D eigenvalue weighted by molar-refractivity contribution is 5.92. The van der Waals surface area contributed by atoms with Gasteiger partial charge in [-0.3, -0.25) is 4.79 Å². The summed E-state index contributed by atoms with van der Waals surface area (Å²) < 4.78 is 5.26. The summed E-state index contributed by atoms with van der Waals surface area (Å²) in [6, 6.07) is 7.00. The summed E-state index contributed by atoms with van der Waals surface area (Å²) in [5, 5.41) is 9.22. The summed E-state index contributed by atoms with van der Waals surface area (Å²) in [5.41, 5.74) is 7.21. The van der Waals surface area contributed by atoms with Crippen molar-refractivity contribution >= 4 is 23.5 Å². The fraction of sp³-hybridized carbons (Fsp3) is 0.571. The molecule has 0 saturated heterocycles. The van der Waals surface area contributed by atoms with Crippen LogP contribution in [0.3, 0.4) is 0 Å². The SMILES string of the molecule is CCc1ccc(NC(=O)CO/N=C(/N)C(CC(C)C)NC(=O)OC(C)(C)C)cc1. The molecule has 0 aliphatic heterocycles. The van der Waals surface area contributed by atoms with E-state index in [0.29, 0.717) is 12.1 Å². The van der Waals surface area contributed by atoms with Gasteiger partial charge in [0.2, 0.25) is 0 Å². The zero-order valence-corrected chi connectivity index (χ0v) is 18.2. The molecule has 29 heavy (non-hydrogen) atoms. The molecule has 1 unspecified atom stereocenters. The molecule has 8 nitrogen and oxygen atoms in total. The lowest BCUT2D eigenvalue weighted by atomic mass is 10.0. The van der Waals surface area contributed by atoms with E-state index in [-0.39, 0.29) is 24.3 Å². The molecule has 0 aliphatic carbocycles. The van der Waals surface area contributed by atoms with Crippen LogP contribution in [0.15, 0.2) is 29.4 Å². The first kappa shape index (κ1) is 24.3. The van der Waals surface area contributed by atoms with Crippen molar-refractivity contribution in [2.24, 2.45) is 16.8 Å². The summed E-state index contributed by atoms with van der Waals surface area (Å²) in [7, 11) is 0. The number of rotatable bonds is 9. The number of ether oxygens (including phenoxy) is 1. The largest absolute Gasteiger partial charge is 0.444 e. The Kier molecular flexibility index (Phi) is 9.44. The minimum atomic E-state index is -0.623. The first-order chi connectivity index (χ1) is 13.5. The van der Waals surface area contributed by atoms with Crippen molar-refractivity contribution < 1.29 is 19.2 Å². The molecule has 2 amide bonds. The first-order valence-corrected chi connectivity index (χ1v) is 9.83. The predicted octanol–water partition coefficient (Wildman–Crippen LogP) is 3.42. The van der Waals surface area contributed by atoms with E-state index < -0.39 is 17.7 Å². The van der Waals surface area contributed by atoms with Crippen molar-refractivity contribution in [3.8, 4) is 0 Å². The van der Waals surface area contributed by atoms with Crippen LogP contribution in [0, 0.1) is 5.92 Å². The normalized spacial score (nSPS) is 13.0. The highest BCUT2D eigenvalue weighted by Gasteiger charge is 2.23. The molecular formula is C21H34N4O4. The smallest absolute Gasteiger partial charge is 0.408 e. The number of nitrogens with two attached hydrogens (primary N) is 1. The Hall–Kier alpha value is -2.77. The average Bonchev–Trinajstić information content (AvgIpc) is 2.59. The van der Waals surface area contributed by atoms with E-state index in [4.69, 9.17) is 15.3 Å². The van der Waals surface area contributed by atoms with E-state index in [1.54, 1.807) is 20.8 Å². The Balaban J connectivity index is 2.60. The molecule has 1 aromatic rings. The van der Waals surface area contributed by atoms with Gasteiger partial charge < -0.3 is 25.9 Å². The van der Waals surface area contributed by atoms with Crippen LogP contribution in [0.1, 0.15) is 53.5 Å². The molecule has 4 N–H and O–H groups in total. The Labute approximate surface area is 173 Å². The van der Waals surface area contributed by atoms with Gasteiger partial charge >= 0.3 is 6.09 Å². The quantitative estimate of drug-likeness (QED) is 0.330. The molecule has 0 aliphatic rings. The van der Waals surface area contributed by atoms with Crippen LogP contribution >= 0.6 is 0 Å². The van der Waals surface area contributed by atoms with Gasteiger partial charge in [0.15, 0.2) is 12.4 Å². The number of nitrogens with zero attached hydrogens (tertiary/aromatic N) is 1. The van der Waals surface area contributed by atoms with Gasteiger partial charge in [0.25, 0.3) is 5.91 Å². The second-order valence-electron chi connectivity index (χ2n) is 8.22. The zero-order valence-electron chi connectivity index (χ0n) is 18.2. The molecule has 0 fully saturated rings. The maximum atomic E-state index is 12.0. The van der Waals surface area contributed by atoms with Crippen molar-refractivity contribution in [2.45, 2.75) is 66.0 Å². The van der Waals surface area contributed by atoms with Gasteiger partial charge in [-0.05, 0) is 57.2 Å². The van der Waals surface area contributed by atoms with Crippen molar-refractivity contribution in [3.05, 3.63) is 29.8 Å². The topological polar surface area (TPSA) is 115 Å². The molecule has 1 atom stereocenters. The van der Waals surface area contributed by atoms with Gasteiger partial charge in [-0.2, -0.15) is 0 Å². The number of carbonyl (C=O) groups excluding carboxylic acids is 2. The van der Waals surface area contributed by atoms with Crippen LogP contribution in [-0.4, -0.2) is 36.1 Å². The number of anilines is 1. The number of oxime groups is 1. The molecule has 0 bridgehead atoms. The summed E-state index contributed by atoms with van der Waals surface area (Å²) in [4.78, 5) is 29.1. The number of hydrogen-bond acceptors (Lipinski definition) is 5. The van der Waals surface area contributed by atoms with Crippen LogP contribution in [0.25, 0.3) is 0 Å². The molecule has 0 radical (unpaired) electrons. The number of carbonyl (C=O) groups is 2. The number of alkyl carbamates (subject to hydrolysis) is 1. The predicted molar refractivity (Wildman–Crippen MR) is 115 cm³/mol. The van der Waals surface area contributed by atoms with Gasteiger partial charge in [-0.1, -0.05) is 38.1 Å². The monoisotopic (exact) mass is 406 g/mol. The van der Waals surface area contributed by atoms with E-state index in [0.717, 1.165) is 6.42 Å². The summed E-state index contributed by atoms with van der Waals surface area (Å²) in [6.07, 6.45) is 0.892. The van der Waals surface area contributed by atoms with Gasteiger partial charge in [-0.15, -0.1) is 0 Å². The molecular weight excluding hydrogens is 372 g/mol. The number of benzene rings is 1. The molecule has 8 heteroatoms. The summed E-state index contributed by atoms with van der Waals surface area (Å²) in [5.74, 6) is -0.0333. The van der Waals surface area contributed by atoms with E-state index in [1.165, 1.54) is 5.56 Å². The lowest BCUT2D eigenvalue weighted by Gasteiger charge is -2.24. The Morgan fingerprint density at radius 2 is 1.79 bits per heavy atom. The van der Waals surface area contributed by atoms with Crippen molar-refractivity contribution in [1.82, 2.24) is 5.32 Å². The van der Waals surface area contributed by atoms with Crippen LogP contribution in [-0.2, 0) is 20.8 Å². The molecule has 0 spiro atoms. The second-order valence-corrected chi connectivity index (χ2v) is 8.22. The van der Waals surface area contributed by atoms with Gasteiger partial charge in [0.05, 0.1) is 6.04 Å². The van der Waals surface area contributed by atoms with Crippen molar-refractivity contribution in [1.29, 1.82) is 0 Å². The van der Waals surface area contributed by atoms with Crippen LogP contribution in [0.4, 0.5) is 10.5 Å². The number of hydrogen-bond donors (Lipinski definition) is 3. The standard InChI is InChI=1S/C21H34N4O4/c1-7-15-8-10-16(11-9-15)23-18(26)13-28-25-19(22)17(12-14(2)3)24-20(27)29-21(4,5)6/h8-11,14,17H,7,12-13H2,1-6H3,(H2,22,25)(H,23,26)(H,24,27). The molecule has 1 aromatic carbocycles. The summed E-state index contributed by atoms with van der Waals surface area (Å²) in [6.45, 7) is 11.1. The number of amides is 2. The highest BCUT2D eigenvalue weighted by Crippen LogP contribution is 2.11. The van der Waals surface area contributed by atoms with Gasteiger partial charge in [0, 0.05) is 5.69 Å². The minimum absolute atomic E-state index is 0.0738. The van der Waals surface area contributed by atoms with Gasteiger partial charge in [-0.25, -0.2) is 4.79 Å². The average molecular weight is 407 g/mol. The fourth-order valence-corrected chi connectivity index (χ4v) is 2.42. The highest BCUT2D eigenvalue weighted by atomic mass is 16.6. The first-order valence-electron chi connectivity index (χ1n) is 9.83. The van der Waals surface area contributed by atoms with Crippen LogP contribution in [0.5, 0.6) is 0 Å². The van der Waals surface area contributed by atoms with Crippen LogP contribution in [0.2, 0.25) is 0 Å². The maximum absolute atomic E-state index is 12.0. The van der Waals surface area contributed by atoms with E-state index in [9.17, 15) is 9.59 Å². The third-order valence-electron chi connectivity index (χ3n) is 3.77. The lowest BCUT2D eigenvalue weighted by molar-refractivity contribution is -0.120. The lowest BCUT2D eigenvalue weighted by Crippen LogP contribution is -2.47. The third kappa shape index (κ3) is 10.4. The Bertz CT molecular complexity index is 694. The fourth-order valence-electron chi connectivity index (χ4n) is 2.42. The maximum Gasteiger partial charge on any atom is 0.408 e. The van der Waals surface area contributed by atoms with E-state index in [2.05, 4.69) is 22.7 Å². The minimum Gasteiger partial charge on any atom is -0.444 e. The Morgan fingerprint density at radius 1 is 1.17 bits per heavy atom. The zero-order chi connectivity index (χ0) is 22.0. The van der Waals surface area contributed by atoms with E-state index in [1.807, 2.05) is 38.1 Å². The molecule has 0 aromatic heterocycles. The number of nitrogens with one attached hydrogen (secondary N) is 2. The second kappa shape index (κ2) is 11.3. The Morgan fingerprint density at radius 3 is 2.31 bits per heavy atom. The molecule has 0 heterocycles. The van der Waals surface area contributed by atoms with Crippen molar-refractivity contribution in [2.75, 3.05) is 11.9 Å². The third-order valence-corrected chi connectivity index (χ3v) is 3.77. The number of amidine groups is 1. The molecule has 162 valence electrons. The van der Waals surface area contributed by atoms with E-state index >= 15 is 0 Å². The van der Waals surface area contributed by atoms with Crippen LogP contribution < -0.4 is 16.4 Å². The molecule has 1 rings (SSSR count). The van der Waals surface area contributed by atoms with Gasteiger partial charge in [0.1, 0.15) is 5.60 Å². The van der Waals surface area contributed by atoms with Crippen molar-refractivity contribution in [3.63, 3.8) is 0 Å².